The summed E-state index contributed by atoms with van der Waals surface area (Å²) >= 11 is 1.55. The van der Waals surface area contributed by atoms with Crippen molar-refractivity contribution in [1.29, 1.82) is 0 Å². The van der Waals surface area contributed by atoms with Crippen LogP contribution in [0, 0.1) is 0 Å². The van der Waals surface area contributed by atoms with E-state index in [0.717, 1.165) is 29.5 Å². The second kappa shape index (κ2) is 7.66. The van der Waals surface area contributed by atoms with Crippen LogP contribution in [0.2, 0.25) is 0 Å². The number of methoxy groups -OCH3 is 1. The molecule has 104 valence electrons. The van der Waals surface area contributed by atoms with Gasteiger partial charge in [0, 0.05) is 20.3 Å². The van der Waals surface area contributed by atoms with E-state index in [1.54, 1.807) is 18.4 Å². The third-order valence-electron chi connectivity index (χ3n) is 2.62. The predicted molar refractivity (Wildman–Crippen MR) is 74.1 cm³/mol. The Balaban J connectivity index is 2.21. The van der Waals surface area contributed by atoms with E-state index in [9.17, 15) is 0 Å². The van der Waals surface area contributed by atoms with Gasteiger partial charge in [-0.05, 0) is 26.7 Å². The molecule has 18 heavy (non-hydrogen) atoms. The third kappa shape index (κ3) is 5.75. The Morgan fingerprint density at radius 1 is 1.33 bits per heavy atom. The van der Waals surface area contributed by atoms with E-state index in [1.807, 2.05) is 13.8 Å². The van der Waals surface area contributed by atoms with E-state index in [-0.39, 0.29) is 5.60 Å². The second-order valence-electron chi connectivity index (χ2n) is 4.69. The number of ether oxygens (including phenoxy) is 2. The van der Waals surface area contributed by atoms with Crippen LogP contribution in [-0.4, -0.2) is 36.1 Å². The first-order valence-corrected chi connectivity index (χ1v) is 7.08. The molecule has 1 aromatic rings. The van der Waals surface area contributed by atoms with Crippen molar-refractivity contribution in [1.82, 2.24) is 10.2 Å². The van der Waals surface area contributed by atoms with Crippen LogP contribution in [0.5, 0.6) is 0 Å². The smallest absolute Gasteiger partial charge is 0.205 e. The summed E-state index contributed by atoms with van der Waals surface area (Å²) in [5.41, 5.74) is -0.130. The van der Waals surface area contributed by atoms with Crippen molar-refractivity contribution in [3.63, 3.8) is 0 Å². The Morgan fingerprint density at radius 3 is 2.78 bits per heavy atom. The normalized spacial score (nSPS) is 11.8. The molecular formula is C12H23N3O2S. The number of anilines is 1. The van der Waals surface area contributed by atoms with Crippen molar-refractivity contribution >= 4 is 16.5 Å². The molecule has 0 saturated heterocycles. The van der Waals surface area contributed by atoms with Gasteiger partial charge in [-0.25, -0.2) is 0 Å². The van der Waals surface area contributed by atoms with Gasteiger partial charge >= 0.3 is 0 Å². The average molecular weight is 273 g/mol. The zero-order valence-electron chi connectivity index (χ0n) is 11.7. The van der Waals surface area contributed by atoms with E-state index in [4.69, 9.17) is 9.47 Å². The number of hydrogen-bond donors (Lipinski definition) is 1. The standard InChI is InChI=1S/C12H23N3O2S/c1-5-7-13-11-15-14-10(18-11)9-17-8-6-12(2,3)16-4/h5-9H2,1-4H3,(H,13,15). The molecule has 1 heterocycles. The van der Waals surface area contributed by atoms with Gasteiger partial charge in [-0.1, -0.05) is 18.3 Å². The molecule has 1 N–H and O–H groups in total. The number of nitrogens with zero attached hydrogens (tertiary/aromatic N) is 2. The summed E-state index contributed by atoms with van der Waals surface area (Å²) in [6.45, 7) is 8.33. The van der Waals surface area contributed by atoms with Crippen LogP contribution in [0.4, 0.5) is 5.13 Å². The van der Waals surface area contributed by atoms with Gasteiger partial charge in [-0.15, -0.1) is 10.2 Å². The summed E-state index contributed by atoms with van der Waals surface area (Å²) in [4.78, 5) is 0. The molecule has 1 rings (SSSR count). The van der Waals surface area contributed by atoms with Crippen LogP contribution < -0.4 is 5.32 Å². The van der Waals surface area contributed by atoms with Gasteiger partial charge in [0.15, 0.2) is 0 Å². The van der Waals surface area contributed by atoms with Crippen molar-refractivity contribution in [2.75, 3.05) is 25.6 Å². The first-order chi connectivity index (χ1) is 8.57. The number of hydrogen-bond acceptors (Lipinski definition) is 6. The molecule has 5 nitrogen and oxygen atoms in total. The van der Waals surface area contributed by atoms with Crippen LogP contribution in [0.15, 0.2) is 0 Å². The quantitative estimate of drug-likeness (QED) is 0.701. The summed E-state index contributed by atoms with van der Waals surface area (Å²) in [5.74, 6) is 0. The van der Waals surface area contributed by atoms with E-state index >= 15 is 0 Å². The Kier molecular flexibility index (Phi) is 6.52. The Morgan fingerprint density at radius 2 is 2.11 bits per heavy atom. The molecule has 0 aliphatic heterocycles. The van der Waals surface area contributed by atoms with Crippen LogP contribution >= 0.6 is 11.3 Å². The van der Waals surface area contributed by atoms with Crippen LogP contribution in [0.1, 0.15) is 38.6 Å². The number of nitrogens with one attached hydrogen (secondary N) is 1. The highest BCUT2D eigenvalue weighted by molar-refractivity contribution is 7.15. The van der Waals surface area contributed by atoms with E-state index in [0.29, 0.717) is 13.2 Å². The summed E-state index contributed by atoms with van der Waals surface area (Å²) in [7, 11) is 1.72. The minimum Gasteiger partial charge on any atom is -0.379 e. The molecule has 0 saturated carbocycles. The lowest BCUT2D eigenvalue weighted by atomic mass is 10.1. The minimum atomic E-state index is -0.130. The zero-order chi connectivity index (χ0) is 13.4. The average Bonchev–Trinajstić information content (AvgIpc) is 2.80. The molecule has 0 amide bonds. The summed E-state index contributed by atoms with van der Waals surface area (Å²) in [6, 6.07) is 0. The number of aromatic nitrogens is 2. The molecule has 0 radical (unpaired) electrons. The van der Waals surface area contributed by atoms with Gasteiger partial charge in [0.1, 0.15) is 11.6 Å². The fraction of sp³-hybridized carbons (Fsp3) is 0.833. The third-order valence-corrected chi connectivity index (χ3v) is 3.47. The molecule has 0 atom stereocenters. The van der Waals surface area contributed by atoms with Gasteiger partial charge in [0.2, 0.25) is 5.13 Å². The van der Waals surface area contributed by atoms with Crippen LogP contribution in [0.3, 0.4) is 0 Å². The first kappa shape index (κ1) is 15.3. The largest absolute Gasteiger partial charge is 0.379 e. The Hall–Kier alpha value is -0.720. The number of rotatable bonds is 9. The van der Waals surface area contributed by atoms with E-state index in [2.05, 4.69) is 22.4 Å². The van der Waals surface area contributed by atoms with Crippen LogP contribution in [-0.2, 0) is 16.1 Å². The highest BCUT2D eigenvalue weighted by Gasteiger charge is 2.15. The molecule has 6 heteroatoms. The van der Waals surface area contributed by atoms with Crippen molar-refractivity contribution < 1.29 is 9.47 Å². The fourth-order valence-electron chi connectivity index (χ4n) is 1.19. The molecule has 0 bridgehead atoms. The molecule has 0 fully saturated rings. The zero-order valence-corrected chi connectivity index (χ0v) is 12.5. The molecule has 0 unspecified atom stereocenters. The highest BCUT2D eigenvalue weighted by Crippen LogP contribution is 2.17. The lowest BCUT2D eigenvalue weighted by Crippen LogP contribution is -2.24. The SMILES string of the molecule is CCCNc1nnc(COCCC(C)(C)OC)s1. The maximum atomic E-state index is 5.58. The summed E-state index contributed by atoms with van der Waals surface area (Å²) < 4.78 is 10.9. The highest BCUT2D eigenvalue weighted by atomic mass is 32.1. The van der Waals surface area contributed by atoms with E-state index < -0.39 is 0 Å². The second-order valence-corrected chi connectivity index (χ2v) is 5.76. The molecule has 1 aromatic heterocycles. The summed E-state index contributed by atoms with van der Waals surface area (Å²) in [6.07, 6.45) is 1.95. The maximum absolute atomic E-state index is 5.58. The Labute approximate surface area is 113 Å². The van der Waals surface area contributed by atoms with Gasteiger partial charge < -0.3 is 14.8 Å². The van der Waals surface area contributed by atoms with Gasteiger partial charge in [0.25, 0.3) is 0 Å². The molecule has 0 aromatic carbocycles. The fourth-order valence-corrected chi connectivity index (χ4v) is 1.90. The van der Waals surface area contributed by atoms with Gasteiger partial charge in [-0.2, -0.15) is 0 Å². The van der Waals surface area contributed by atoms with Gasteiger partial charge in [0.05, 0.1) is 5.60 Å². The summed E-state index contributed by atoms with van der Waals surface area (Å²) in [5, 5.41) is 13.1. The monoisotopic (exact) mass is 273 g/mol. The Bertz CT molecular complexity index is 342. The van der Waals surface area contributed by atoms with E-state index in [1.165, 1.54) is 0 Å². The first-order valence-electron chi connectivity index (χ1n) is 6.26. The molecule has 0 spiro atoms. The van der Waals surface area contributed by atoms with Gasteiger partial charge in [-0.3, -0.25) is 0 Å². The lowest BCUT2D eigenvalue weighted by molar-refractivity contribution is -0.0125. The lowest BCUT2D eigenvalue weighted by Gasteiger charge is -2.22. The van der Waals surface area contributed by atoms with Crippen molar-refractivity contribution in [3.8, 4) is 0 Å². The van der Waals surface area contributed by atoms with Crippen molar-refractivity contribution in [2.24, 2.45) is 0 Å². The molecular weight excluding hydrogens is 250 g/mol. The maximum Gasteiger partial charge on any atom is 0.205 e. The van der Waals surface area contributed by atoms with Crippen LogP contribution in [0.25, 0.3) is 0 Å². The molecule has 0 aliphatic rings. The molecule has 0 aliphatic carbocycles. The predicted octanol–water partition coefficient (Wildman–Crippen LogP) is 2.69. The van der Waals surface area contributed by atoms with Crippen molar-refractivity contribution in [2.45, 2.75) is 45.8 Å². The minimum absolute atomic E-state index is 0.130. The van der Waals surface area contributed by atoms with Crippen molar-refractivity contribution in [3.05, 3.63) is 5.01 Å². The topological polar surface area (TPSA) is 56.3 Å².